The van der Waals surface area contributed by atoms with E-state index in [1.807, 2.05) is 31.3 Å². The lowest BCUT2D eigenvalue weighted by molar-refractivity contribution is 0.288. The fourth-order valence-electron chi connectivity index (χ4n) is 3.83. The molecule has 2 aromatic rings. The zero-order valence-corrected chi connectivity index (χ0v) is 12.1. The molecule has 0 unspecified atom stereocenters. The van der Waals surface area contributed by atoms with Crippen LogP contribution in [0.25, 0.3) is 10.8 Å². The fraction of sp³-hybridized carbons (Fsp3) is 0.444. The molecule has 0 bridgehead atoms. The van der Waals surface area contributed by atoms with Gasteiger partial charge in [0.2, 0.25) is 0 Å². The Morgan fingerprint density at radius 1 is 1.00 bits per heavy atom. The minimum absolute atomic E-state index is 0.111. The minimum Gasteiger partial charge on any atom is -0.319 e. The quantitative estimate of drug-likeness (QED) is 0.872. The van der Waals surface area contributed by atoms with E-state index in [4.69, 9.17) is 0 Å². The molecule has 0 aliphatic heterocycles. The van der Waals surface area contributed by atoms with Crippen LogP contribution in [0.4, 0.5) is 4.39 Å². The van der Waals surface area contributed by atoms with Gasteiger partial charge in [0.1, 0.15) is 5.82 Å². The zero-order valence-electron chi connectivity index (χ0n) is 12.1. The lowest BCUT2D eigenvalue weighted by atomic mass is 9.68. The van der Waals surface area contributed by atoms with Crippen molar-refractivity contribution in [2.45, 2.75) is 37.5 Å². The van der Waals surface area contributed by atoms with Crippen molar-refractivity contribution in [3.8, 4) is 0 Å². The molecule has 0 aromatic heterocycles. The molecule has 3 rings (SSSR count). The standard InChI is InChI=1S/C18H22FN/c1-20-13-18(11-5-2-6-12-18)16-9-10-17(19)15-8-4-3-7-14(15)16/h3-4,7-10,20H,2,5-6,11-13H2,1H3. The van der Waals surface area contributed by atoms with Gasteiger partial charge in [-0.1, -0.05) is 49.6 Å². The third kappa shape index (κ3) is 2.22. The van der Waals surface area contributed by atoms with Gasteiger partial charge in [-0.05, 0) is 36.9 Å². The highest BCUT2D eigenvalue weighted by atomic mass is 19.1. The van der Waals surface area contributed by atoms with Crippen molar-refractivity contribution >= 4 is 10.8 Å². The molecular formula is C18H22FN. The number of hydrogen-bond donors (Lipinski definition) is 1. The maximum atomic E-state index is 14.0. The van der Waals surface area contributed by atoms with Crippen molar-refractivity contribution in [3.63, 3.8) is 0 Å². The highest BCUT2D eigenvalue weighted by molar-refractivity contribution is 5.87. The van der Waals surface area contributed by atoms with Crippen LogP contribution in [0.5, 0.6) is 0 Å². The number of halogens is 1. The molecule has 1 fully saturated rings. The number of benzene rings is 2. The Balaban J connectivity index is 2.18. The fourth-order valence-corrected chi connectivity index (χ4v) is 3.83. The molecule has 1 nitrogen and oxygen atoms in total. The van der Waals surface area contributed by atoms with E-state index in [0.29, 0.717) is 0 Å². The lowest BCUT2D eigenvalue weighted by Gasteiger charge is -2.38. The van der Waals surface area contributed by atoms with E-state index >= 15 is 0 Å². The van der Waals surface area contributed by atoms with E-state index in [-0.39, 0.29) is 11.2 Å². The van der Waals surface area contributed by atoms with Gasteiger partial charge in [-0.3, -0.25) is 0 Å². The highest BCUT2D eigenvalue weighted by Crippen LogP contribution is 2.42. The van der Waals surface area contributed by atoms with Gasteiger partial charge in [0.25, 0.3) is 0 Å². The number of hydrogen-bond acceptors (Lipinski definition) is 1. The SMILES string of the molecule is CNCC1(c2ccc(F)c3ccccc23)CCCCC1. The molecule has 1 aliphatic carbocycles. The van der Waals surface area contributed by atoms with E-state index in [2.05, 4.69) is 11.4 Å². The first-order valence-electron chi connectivity index (χ1n) is 7.59. The third-order valence-corrected chi connectivity index (χ3v) is 4.77. The number of rotatable bonds is 3. The van der Waals surface area contributed by atoms with Crippen LogP contribution in [0.15, 0.2) is 36.4 Å². The minimum atomic E-state index is -0.111. The summed E-state index contributed by atoms with van der Waals surface area (Å²) in [4.78, 5) is 0. The highest BCUT2D eigenvalue weighted by Gasteiger charge is 2.34. The molecule has 0 atom stereocenters. The zero-order chi connectivity index (χ0) is 14.0. The Hall–Kier alpha value is -1.41. The summed E-state index contributed by atoms with van der Waals surface area (Å²) in [7, 11) is 2.02. The van der Waals surface area contributed by atoms with E-state index in [0.717, 1.165) is 17.3 Å². The summed E-state index contributed by atoms with van der Waals surface area (Å²) in [6.45, 7) is 0.975. The molecule has 0 heterocycles. The van der Waals surface area contributed by atoms with Gasteiger partial charge in [0.15, 0.2) is 0 Å². The molecule has 1 aliphatic rings. The van der Waals surface area contributed by atoms with Crippen molar-refractivity contribution in [2.75, 3.05) is 13.6 Å². The molecule has 20 heavy (non-hydrogen) atoms. The maximum absolute atomic E-state index is 14.0. The summed E-state index contributed by atoms with van der Waals surface area (Å²) in [5.41, 5.74) is 1.49. The van der Waals surface area contributed by atoms with Gasteiger partial charge in [-0.25, -0.2) is 4.39 Å². The Morgan fingerprint density at radius 2 is 1.70 bits per heavy atom. The van der Waals surface area contributed by atoms with Crippen molar-refractivity contribution in [1.29, 1.82) is 0 Å². The molecule has 0 radical (unpaired) electrons. The normalized spacial score (nSPS) is 18.3. The first-order chi connectivity index (χ1) is 9.77. The van der Waals surface area contributed by atoms with Crippen LogP contribution in [0.2, 0.25) is 0 Å². The predicted octanol–water partition coefficient (Wildman–Crippen LogP) is 4.40. The second-order valence-corrected chi connectivity index (χ2v) is 6.01. The summed E-state index contributed by atoms with van der Waals surface area (Å²) in [5, 5.41) is 5.21. The third-order valence-electron chi connectivity index (χ3n) is 4.77. The summed E-state index contributed by atoms with van der Waals surface area (Å²) in [6, 6.07) is 11.6. The van der Waals surface area contributed by atoms with Gasteiger partial charge in [-0.15, -0.1) is 0 Å². The van der Waals surface area contributed by atoms with Gasteiger partial charge in [-0.2, -0.15) is 0 Å². The summed E-state index contributed by atoms with van der Waals surface area (Å²) in [5.74, 6) is -0.111. The summed E-state index contributed by atoms with van der Waals surface area (Å²) < 4.78 is 14.0. The first kappa shape index (κ1) is 13.6. The lowest BCUT2D eigenvalue weighted by Crippen LogP contribution is -2.38. The van der Waals surface area contributed by atoms with Crippen molar-refractivity contribution < 1.29 is 4.39 Å². The van der Waals surface area contributed by atoms with Crippen LogP contribution in [0, 0.1) is 5.82 Å². The number of likely N-dealkylation sites (N-methyl/N-ethyl adjacent to an activating group) is 1. The second-order valence-electron chi connectivity index (χ2n) is 6.01. The number of nitrogens with one attached hydrogen (secondary N) is 1. The van der Waals surface area contributed by atoms with Crippen LogP contribution in [0.1, 0.15) is 37.7 Å². The average molecular weight is 271 g/mol. The molecule has 106 valence electrons. The van der Waals surface area contributed by atoms with E-state index in [1.165, 1.54) is 37.7 Å². The van der Waals surface area contributed by atoms with Gasteiger partial charge in [0.05, 0.1) is 0 Å². The number of fused-ring (bicyclic) bond motifs is 1. The Kier molecular flexibility index (Phi) is 3.75. The smallest absolute Gasteiger partial charge is 0.131 e. The Bertz CT molecular complexity index is 594. The maximum Gasteiger partial charge on any atom is 0.131 e. The molecule has 1 saturated carbocycles. The van der Waals surface area contributed by atoms with Crippen molar-refractivity contribution in [3.05, 3.63) is 47.8 Å². The van der Waals surface area contributed by atoms with Crippen LogP contribution >= 0.6 is 0 Å². The van der Waals surface area contributed by atoms with Crippen LogP contribution in [0.3, 0.4) is 0 Å². The largest absolute Gasteiger partial charge is 0.319 e. The first-order valence-corrected chi connectivity index (χ1v) is 7.59. The molecule has 2 heteroatoms. The molecule has 1 N–H and O–H groups in total. The van der Waals surface area contributed by atoms with Crippen molar-refractivity contribution in [1.82, 2.24) is 5.32 Å². The van der Waals surface area contributed by atoms with Crippen LogP contribution in [-0.4, -0.2) is 13.6 Å². The van der Waals surface area contributed by atoms with E-state index in [1.54, 1.807) is 6.07 Å². The van der Waals surface area contributed by atoms with Gasteiger partial charge >= 0.3 is 0 Å². The van der Waals surface area contributed by atoms with E-state index in [9.17, 15) is 4.39 Å². The van der Waals surface area contributed by atoms with Crippen LogP contribution < -0.4 is 5.32 Å². The molecule has 0 saturated heterocycles. The molecule has 0 amide bonds. The molecular weight excluding hydrogens is 249 g/mol. The predicted molar refractivity (Wildman–Crippen MR) is 82.6 cm³/mol. The second kappa shape index (κ2) is 5.53. The van der Waals surface area contributed by atoms with Crippen molar-refractivity contribution in [2.24, 2.45) is 0 Å². The van der Waals surface area contributed by atoms with E-state index < -0.39 is 0 Å². The van der Waals surface area contributed by atoms with Crippen LogP contribution in [-0.2, 0) is 5.41 Å². The summed E-state index contributed by atoms with van der Waals surface area (Å²) in [6.07, 6.45) is 6.26. The van der Waals surface area contributed by atoms with Gasteiger partial charge < -0.3 is 5.32 Å². The molecule has 2 aromatic carbocycles. The average Bonchev–Trinajstić information content (AvgIpc) is 2.49. The Morgan fingerprint density at radius 3 is 2.40 bits per heavy atom. The topological polar surface area (TPSA) is 12.0 Å². The summed E-state index contributed by atoms with van der Waals surface area (Å²) >= 11 is 0. The Labute approximate surface area is 120 Å². The van der Waals surface area contributed by atoms with Gasteiger partial charge in [0, 0.05) is 17.3 Å². The molecule has 0 spiro atoms. The monoisotopic (exact) mass is 271 g/mol.